The minimum atomic E-state index is -3.29. The maximum atomic E-state index is 11.3. The van der Waals surface area contributed by atoms with Crippen molar-refractivity contribution in [3.8, 4) is 0 Å². The first-order chi connectivity index (χ1) is 10.5. The van der Waals surface area contributed by atoms with Crippen LogP contribution in [0.1, 0.15) is 38.5 Å². The van der Waals surface area contributed by atoms with Crippen molar-refractivity contribution in [2.45, 2.75) is 49.3 Å². The van der Waals surface area contributed by atoms with Crippen LogP contribution in [0.3, 0.4) is 0 Å². The van der Waals surface area contributed by atoms with E-state index in [2.05, 4.69) is 32.8 Å². The molecule has 3 N–H and O–H groups in total. The van der Waals surface area contributed by atoms with Crippen molar-refractivity contribution in [1.82, 2.24) is 14.8 Å². The van der Waals surface area contributed by atoms with E-state index in [0.717, 1.165) is 36.0 Å². The van der Waals surface area contributed by atoms with Crippen LogP contribution in [0.15, 0.2) is 0 Å². The third kappa shape index (κ3) is 3.48. The maximum Gasteiger partial charge on any atom is 0.276 e. The second-order valence-corrected chi connectivity index (χ2v) is 10.1. The molecule has 0 heterocycles. The number of nitrogens with one attached hydrogen (secondary N) is 3. The molecule has 22 heavy (non-hydrogen) atoms. The predicted molar refractivity (Wildman–Crippen MR) is 92.2 cm³/mol. The van der Waals surface area contributed by atoms with Gasteiger partial charge in [0.1, 0.15) is 0 Å². The SMILES string of the molecule is CNS(=O)(=O)NCCCNC12CC3CC(C1)C(SC)C(C3)C2. The highest BCUT2D eigenvalue weighted by molar-refractivity contribution is 7.99. The molecule has 4 bridgehead atoms. The summed E-state index contributed by atoms with van der Waals surface area (Å²) in [6.45, 7) is 1.40. The molecule has 0 aliphatic heterocycles. The lowest BCUT2D eigenvalue weighted by molar-refractivity contribution is -0.0135. The molecule has 2 unspecified atom stereocenters. The lowest BCUT2D eigenvalue weighted by Gasteiger charge is -2.60. The highest BCUT2D eigenvalue weighted by atomic mass is 32.2. The lowest BCUT2D eigenvalue weighted by atomic mass is 9.52. The molecule has 128 valence electrons. The topological polar surface area (TPSA) is 70.2 Å². The van der Waals surface area contributed by atoms with Gasteiger partial charge in [-0.1, -0.05) is 0 Å². The van der Waals surface area contributed by atoms with E-state index in [-0.39, 0.29) is 0 Å². The summed E-state index contributed by atoms with van der Waals surface area (Å²) in [6, 6.07) is 0. The molecule has 0 spiro atoms. The summed E-state index contributed by atoms with van der Waals surface area (Å²) in [5.41, 5.74) is 0.352. The van der Waals surface area contributed by atoms with Crippen LogP contribution in [0.2, 0.25) is 0 Å². The zero-order valence-electron chi connectivity index (χ0n) is 13.6. The summed E-state index contributed by atoms with van der Waals surface area (Å²) in [6.07, 6.45) is 9.99. The van der Waals surface area contributed by atoms with Gasteiger partial charge in [-0.15, -0.1) is 0 Å². The molecule has 4 aliphatic carbocycles. The van der Waals surface area contributed by atoms with Gasteiger partial charge in [0.15, 0.2) is 0 Å². The van der Waals surface area contributed by atoms with E-state index >= 15 is 0 Å². The minimum absolute atomic E-state index is 0.352. The molecule has 0 radical (unpaired) electrons. The van der Waals surface area contributed by atoms with Crippen molar-refractivity contribution in [1.29, 1.82) is 0 Å². The van der Waals surface area contributed by atoms with Crippen molar-refractivity contribution in [3.63, 3.8) is 0 Å². The first-order valence-electron chi connectivity index (χ1n) is 8.43. The van der Waals surface area contributed by atoms with E-state index in [4.69, 9.17) is 0 Å². The van der Waals surface area contributed by atoms with Gasteiger partial charge in [0, 0.05) is 24.4 Å². The molecular weight excluding hydrogens is 318 g/mol. The number of rotatable bonds is 8. The van der Waals surface area contributed by atoms with Crippen molar-refractivity contribution < 1.29 is 8.42 Å². The Bertz CT molecular complexity index is 481. The predicted octanol–water partition coefficient (Wildman–Crippen LogP) is 1.33. The van der Waals surface area contributed by atoms with Gasteiger partial charge in [0.25, 0.3) is 10.2 Å². The van der Waals surface area contributed by atoms with E-state index < -0.39 is 10.2 Å². The minimum Gasteiger partial charge on any atom is -0.311 e. The van der Waals surface area contributed by atoms with Gasteiger partial charge in [0.2, 0.25) is 0 Å². The zero-order chi connectivity index (χ0) is 15.8. The molecule has 4 fully saturated rings. The zero-order valence-corrected chi connectivity index (χ0v) is 15.2. The van der Waals surface area contributed by atoms with Gasteiger partial charge in [-0.25, -0.2) is 9.44 Å². The van der Waals surface area contributed by atoms with Crippen molar-refractivity contribution >= 4 is 22.0 Å². The van der Waals surface area contributed by atoms with Crippen LogP contribution in [0, 0.1) is 17.8 Å². The highest BCUT2D eigenvalue weighted by Gasteiger charge is 2.54. The largest absolute Gasteiger partial charge is 0.311 e. The summed E-state index contributed by atoms with van der Waals surface area (Å²) in [7, 11) is -1.86. The van der Waals surface area contributed by atoms with Crippen molar-refractivity contribution in [3.05, 3.63) is 0 Å². The fourth-order valence-corrected chi connectivity index (χ4v) is 7.04. The molecule has 5 nitrogen and oxygen atoms in total. The quantitative estimate of drug-likeness (QED) is 0.580. The summed E-state index contributed by atoms with van der Waals surface area (Å²) >= 11 is 2.08. The fraction of sp³-hybridized carbons (Fsp3) is 1.00. The molecule has 0 aromatic heterocycles. The van der Waals surface area contributed by atoms with Crippen molar-refractivity contribution in [2.24, 2.45) is 17.8 Å². The average Bonchev–Trinajstić information content (AvgIpc) is 2.46. The Kier molecular flexibility index (Phi) is 5.10. The van der Waals surface area contributed by atoms with E-state index in [1.165, 1.54) is 39.2 Å². The lowest BCUT2D eigenvalue weighted by Crippen LogP contribution is -2.62. The van der Waals surface area contributed by atoms with Crippen LogP contribution < -0.4 is 14.8 Å². The Balaban J connectivity index is 1.47. The van der Waals surface area contributed by atoms with Gasteiger partial charge < -0.3 is 5.32 Å². The Morgan fingerprint density at radius 2 is 1.82 bits per heavy atom. The Morgan fingerprint density at radius 1 is 1.14 bits per heavy atom. The highest BCUT2D eigenvalue weighted by Crippen LogP contribution is 2.58. The fourth-order valence-electron chi connectivity index (χ4n) is 5.30. The van der Waals surface area contributed by atoms with Gasteiger partial charge in [-0.05, 0) is 69.1 Å². The number of hydrogen-bond donors (Lipinski definition) is 3. The normalized spacial score (nSPS) is 40.3. The molecule has 0 amide bonds. The van der Waals surface area contributed by atoms with Gasteiger partial charge in [0.05, 0.1) is 0 Å². The summed E-state index contributed by atoms with van der Waals surface area (Å²) < 4.78 is 27.4. The van der Waals surface area contributed by atoms with E-state index in [1.807, 2.05) is 0 Å². The van der Waals surface area contributed by atoms with E-state index in [0.29, 0.717) is 12.1 Å². The Morgan fingerprint density at radius 3 is 2.41 bits per heavy atom. The van der Waals surface area contributed by atoms with Crippen LogP contribution in [0.25, 0.3) is 0 Å². The van der Waals surface area contributed by atoms with Gasteiger partial charge in [-0.3, -0.25) is 0 Å². The molecule has 0 aromatic rings. The molecule has 4 saturated carbocycles. The third-order valence-corrected chi connectivity index (χ3v) is 8.31. The van der Waals surface area contributed by atoms with Crippen LogP contribution in [-0.4, -0.2) is 45.6 Å². The van der Waals surface area contributed by atoms with Crippen LogP contribution in [0.4, 0.5) is 0 Å². The molecule has 2 atom stereocenters. The smallest absolute Gasteiger partial charge is 0.276 e. The average molecular weight is 348 g/mol. The standard InChI is InChI=1S/C15H29N3O2S2/c1-16-22(19,20)18-5-3-4-17-15-8-11-6-12(9-15)14(21-2)13(7-11)10-15/h11-14,16-18H,3-10H2,1-2H3. The first-order valence-corrected chi connectivity index (χ1v) is 11.2. The van der Waals surface area contributed by atoms with Gasteiger partial charge >= 0.3 is 0 Å². The second-order valence-electron chi connectivity index (χ2n) is 7.33. The maximum absolute atomic E-state index is 11.3. The first kappa shape index (κ1) is 17.0. The second kappa shape index (κ2) is 6.59. The summed E-state index contributed by atoms with van der Waals surface area (Å²) in [5, 5.41) is 4.69. The molecule has 0 aromatic carbocycles. The van der Waals surface area contributed by atoms with Gasteiger partial charge in [-0.2, -0.15) is 20.2 Å². The van der Waals surface area contributed by atoms with Crippen LogP contribution in [-0.2, 0) is 10.2 Å². The number of hydrogen-bond acceptors (Lipinski definition) is 4. The molecule has 4 rings (SSSR count). The molecule has 4 aliphatic rings. The Hall–Kier alpha value is 0.180. The van der Waals surface area contributed by atoms with Crippen LogP contribution >= 0.6 is 11.8 Å². The van der Waals surface area contributed by atoms with Crippen LogP contribution in [0.5, 0.6) is 0 Å². The summed E-state index contributed by atoms with van der Waals surface area (Å²) in [4.78, 5) is 0. The Labute approximate surface area is 138 Å². The summed E-state index contributed by atoms with van der Waals surface area (Å²) in [5.74, 6) is 2.73. The molecular formula is C15H29N3O2S2. The van der Waals surface area contributed by atoms with E-state index in [9.17, 15) is 8.42 Å². The monoisotopic (exact) mass is 347 g/mol. The molecule has 7 heteroatoms. The van der Waals surface area contributed by atoms with Crippen molar-refractivity contribution in [2.75, 3.05) is 26.4 Å². The molecule has 0 saturated heterocycles. The number of thioether (sulfide) groups is 1. The van der Waals surface area contributed by atoms with E-state index in [1.54, 1.807) is 0 Å². The third-order valence-electron chi connectivity index (χ3n) is 5.87.